The number of halogens is 2. The summed E-state index contributed by atoms with van der Waals surface area (Å²) in [5, 5.41) is 9.41. The van der Waals surface area contributed by atoms with E-state index in [9.17, 15) is 14.3 Å². The first-order valence-electron chi connectivity index (χ1n) is 5.19. The third-order valence-corrected chi connectivity index (χ3v) is 2.29. The van der Waals surface area contributed by atoms with Crippen molar-refractivity contribution in [2.75, 3.05) is 0 Å². The van der Waals surface area contributed by atoms with Gasteiger partial charge >= 0.3 is 0 Å². The third-order valence-electron chi connectivity index (χ3n) is 2.02. The molecule has 0 unspecified atom stereocenters. The van der Waals surface area contributed by atoms with Gasteiger partial charge < -0.3 is 5.11 Å². The number of carbonyl (C=O) groups is 1. The summed E-state index contributed by atoms with van der Waals surface area (Å²) in [7, 11) is 0. The van der Waals surface area contributed by atoms with Gasteiger partial charge in [0.1, 0.15) is 11.6 Å². The van der Waals surface area contributed by atoms with Crippen LogP contribution < -0.4 is 0 Å². The smallest absolute Gasteiger partial charge is 0.163 e. The second-order valence-corrected chi connectivity index (χ2v) is 3.36. The molecule has 0 saturated carbocycles. The number of Topliss-reactive ketones (excluding diaryl/α,β-unsaturated/α-hetero) is 1. The molecule has 2 nitrogen and oxygen atoms in total. The van der Waals surface area contributed by atoms with E-state index >= 15 is 0 Å². The molecular formula is C12H16ClFO2. The maximum atomic E-state index is 13.3. The molecule has 0 heterocycles. The Kier molecular flexibility index (Phi) is 6.04. The molecule has 0 radical (unpaired) electrons. The average molecular weight is 247 g/mol. The zero-order valence-corrected chi connectivity index (χ0v) is 10.7. The Morgan fingerprint density at radius 2 is 2.00 bits per heavy atom. The second-order valence-electron chi connectivity index (χ2n) is 2.96. The van der Waals surface area contributed by atoms with Crippen LogP contribution >= 0.6 is 11.6 Å². The largest absolute Gasteiger partial charge is 0.507 e. The standard InChI is InChI=1S/C10H10ClFO2.C2H6/c1-3-6-9(12)8(11)4-7(5(2)13)10(6)14;1-2/h4,14H,3H2,1-2H3;1-2H3. The normalized spacial score (nSPS) is 9.38. The van der Waals surface area contributed by atoms with Crippen molar-refractivity contribution in [3.63, 3.8) is 0 Å². The molecule has 0 aliphatic heterocycles. The minimum atomic E-state index is -0.656. The summed E-state index contributed by atoms with van der Waals surface area (Å²) in [5.41, 5.74) is 0.149. The van der Waals surface area contributed by atoms with Crippen LogP contribution in [0.15, 0.2) is 6.07 Å². The van der Waals surface area contributed by atoms with Crippen molar-refractivity contribution >= 4 is 17.4 Å². The highest BCUT2D eigenvalue weighted by Gasteiger charge is 2.17. The molecule has 4 heteroatoms. The van der Waals surface area contributed by atoms with Crippen molar-refractivity contribution in [1.82, 2.24) is 0 Å². The fourth-order valence-corrected chi connectivity index (χ4v) is 1.48. The van der Waals surface area contributed by atoms with Gasteiger partial charge in [-0.15, -0.1) is 0 Å². The van der Waals surface area contributed by atoms with E-state index < -0.39 is 5.82 Å². The number of hydrogen-bond acceptors (Lipinski definition) is 2. The van der Waals surface area contributed by atoms with Gasteiger partial charge in [-0.2, -0.15) is 0 Å². The second kappa shape index (κ2) is 6.48. The van der Waals surface area contributed by atoms with Crippen LogP contribution in [0.2, 0.25) is 5.02 Å². The van der Waals surface area contributed by atoms with E-state index in [2.05, 4.69) is 0 Å². The van der Waals surface area contributed by atoms with Crippen LogP contribution in [0.5, 0.6) is 5.75 Å². The van der Waals surface area contributed by atoms with Crippen molar-refractivity contribution in [3.05, 3.63) is 28.0 Å². The van der Waals surface area contributed by atoms with E-state index in [4.69, 9.17) is 11.6 Å². The van der Waals surface area contributed by atoms with E-state index in [0.717, 1.165) is 6.07 Å². The number of phenols is 1. The average Bonchev–Trinajstić information content (AvgIpc) is 2.27. The lowest BCUT2D eigenvalue weighted by atomic mass is 10.0. The highest BCUT2D eigenvalue weighted by molar-refractivity contribution is 6.31. The maximum Gasteiger partial charge on any atom is 0.163 e. The quantitative estimate of drug-likeness (QED) is 0.802. The van der Waals surface area contributed by atoms with Gasteiger partial charge in [-0.1, -0.05) is 32.4 Å². The van der Waals surface area contributed by atoms with Crippen LogP contribution in [0.1, 0.15) is 43.6 Å². The SMILES string of the molecule is CC.CCc1c(O)c(C(C)=O)cc(Cl)c1F. The Morgan fingerprint density at radius 3 is 2.38 bits per heavy atom. The zero-order chi connectivity index (χ0) is 12.9. The monoisotopic (exact) mass is 246 g/mol. The summed E-state index contributed by atoms with van der Waals surface area (Å²) >= 11 is 5.58. The molecule has 0 aromatic heterocycles. The molecule has 0 saturated heterocycles. The van der Waals surface area contributed by atoms with E-state index in [1.54, 1.807) is 6.92 Å². The first-order valence-corrected chi connectivity index (χ1v) is 5.57. The molecule has 0 aliphatic rings. The summed E-state index contributed by atoms with van der Waals surface area (Å²) in [6.45, 7) is 6.97. The predicted octanol–water partition coefficient (Wildman–Crippen LogP) is 3.98. The lowest BCUT2D eigenvalue weighted by molar-refractivity contribution is 0.101. The summed E-state index contributed by atoms with van der Waals surface area (Å²) in [4.78, 5) is 11.1. The molecule has 0 spiro atoms. The Balaban J connectivity index is 0.00000106. The maximum absolute atomic E-state index is 13.3. The van der Waals surface area contributed by atoms with Gasteiger partial charge in [-0.05, 0) is 19.4 Å². The van der Waals surface area contributed by atoms with Gasteiger partial charge in [0.05, 0.1) is 10.6 Å². The van der Waals surface area contributed by atoms with E-state index in [1.165, 1.54) is 6.92 Å². The predicted molar refractivity (Wildman–Crippen MR) is 63.8 cm³/mol. The minimum absolute atomic E-state index is 0.0632. The van der Waals surface area contributed by atoms with Crippen molar-refractivity contribution in [1.29, 1.82) is 0 Å². The van der Waals surface area contributed by atoms with Crippen LogP contribution in [0.3, 0.4) is 0 Å². The molecule has 1 N–H and O–H groups in total. The van der Waals surface area contributed by atoms with E-state index in [-0.39, 0.29) is 27.7 Å². The number of hydrogen-bond donors (Lipinski definition) is 1. The number of aromatic hydroxyl groups is 1. The highest BCUT2D eigenvalue weighted by Crippen LogP contribution is 2.31. The molecule has 0 atom stereocenters. The molecular weight excluding hydrogens is 231 g/mol. The first-order chi connectivity index (χ1) is 7.49. The summed E-state index contributed by atoms with van der Waals surface area (Å²) in [6, 6.07) is 1.15. The number of ketones is 1. The number of benzene rings is 1. The first kappa shape index (κ1) is 14.9. The highest BCUT2D eigenvalue weighted by atomic mass is 35.5. The molecule has 0 bridgehead atoms. The molecule has 1 aromatic carbocycles. The lowest BCUT2D eigenvalue weighted by Gasteiger charge is -2.08. The number of phenolic OH excluding ortho intramolecular Hbond substituents is 1. The Labute approximate surface area is 100 Å². The van der Waals surface area contributed by atoms with Gasteiger partial charge in [0.25, 0.3) is 0 Å². The molecule has 1 rings (SSSR count). The van der Waals surface area contributed by atoms with Crippen LogP contribution in [0.4, 0.5) is 4.39 Å². The van der Waals surface area contributed by atoms with Crippen molar-refractivity contribution < 1.29 is 14.3 Å². The van der Waals surface area contributed by atoms with E-state index in [1.807, 2.05) is 13.8 Å². The number of carbonyl (C=O) groups excluding carboxylic acids is 1. The molecule has 90 valence electrons. The Hall–Kier alpha value is -1.09. The van der Waals surface area contributed by atoms with Crippen molar-refractivity contribution in [2.24, 2.45) is 0 Å². The van der Waals surface area contributed by atoms with Crippen LogP contribution in [-0.2, 0) is 6.42 Å². The molecule has 0 amide bonds. The number of rotatable bonds is 2. The van der Waals surface area contributed by atoms with Gasteiger partial charge in [0, 0.05) is 5.56 Å². The van der Waals surface area contributed by atoms with Crippen molar-refractivity contribution in [2.45, 2.75) is 34.1 Å². The summed E-state index contributed by atoms with van der Waals surface area (Å²) in [6.07, 6.45) is 0.290. The van der Waals surface area contributed by atoms with Crippen molar-refractivity contribution in [3.8, 4) is 5.75 Å². The van der Waals surface area contributed by atoms with Crippen LogP contribution in [-0.4, -0.2) is 10.9 Å². The van der Waals surface area contributed by atoms with E-state index in [0.29, 0.717) is 6.42 Å². The van der Waals surface area contributed by atoms with Gasteiger partial charge in [0.15, 0.2) is 5.78 Å². The van der Waals surface area contributed by atoms with Gasteiger partial charge in [-0.25, -0.2) is 4.39 Å². The van der Waals surface area contributed by atoms with Gasteiger partial charge in [0.2, 0.25) is 0 Å². The molecule has 0 aliphatic carbocycles. The Bertz CT molecular complexity index is 389. The fourth-order valence-electron chi connectivity index (χ4n) is 1.26. The molecule has 0 fully saturated rings. The molecule has 16 heavy (non-hydrogen) atoms. The third kappa shape index (κ3) is 2.95. The fraction of sp³-hybridized carbons (Fsp3) is 0.417. The topological polar surface area (TPSA) is 37.3 Å². The van der Waals surface area contributed by atoms with Crippen LogP contribution in [0.25, 0.3) is 0 Å². The van der Waals surface area contributed by atoms with Crippen LogP contribution in [0, 0.1) is 5.82 Å². The van der Waals surface area contributed by atoms with Gasteiger partial charge in [-0.3, -0.25) is 4.79 Å². The zero-order valence-electron chi connectivity index (χ0n) is 9.90. The molecule has 1 aromatic rings. The Morgan fingerprint density at radius 1 is 1.50 bits per heavy atom. The minimum Gasteiger partial charge on any atom is -0.507 e. The lowest BCUT2D eigenvalue weighted by Crippen LogP contribution is -1.99. The summed E-state index contributed by atoms with van der Waals surface area (Å²) in [5.74, 6) is -1.29. The summed E-state index contributed by atoms with van der Waals surface area (Å²) < 4.78 is 13.3.